The van der Waals surface area contributed by atoms with Crippen LogP contribution in [0.1, 0.15) is 52.4 Å². The number of nitrogens with one attached hydrogen (secondary N) is 1. The molecule has 1 fully saturated rings. The van der Waals surface area contributed by atoms with Gasteiger partial charge in [-0.25, -0.2) is 0 Å². The highest BCUT2D eigenvalue weighted by atomic mass is 32.2. The van der Waals surface area contributed by atoms with Gasteiger partial charge in [0.05, 0.1) is 24.9 Å². The Kier molecular flexibility index (Phi) is 11.4. The third kappa shape index (κ3) is 8.22. The van der Waals surface area contributed by atoms with Crippen LogP contribution < -0.4 is 10.2 Å². The van der Waals surface area contributed by atoms with Gasteiger partial charge in [0.25, 0.3) is 0 Å². The smallest absolute Gasteiger partial charge is 0.326 e. The molecule has 8 nitrogen and oxygen atoms in total. The zero-order valence-electron chi connectivity index (χ0n) is 21.0. The summed E-state index contributed by atoms with van der Waals surface area (Å²) in [7, 11) is 0. The van der Waals surface area contributed by atoms with Crippen molar-refractivity contribution >= 4 is 35.3 Å². The third-order valence-electron chi connectivity index (χ3n) is 6.36. The first-order valence-corrected chi connectivity index (χ1v) is 13.9. The number of esters is 2. The standard InChI is InChI=1S/C26H39N3O5S/c1-3-33-24(30)18-29-22-13-6-7-14-23(22)35-19-21(25(29)31)27-20(26(32)34-4-2)12-8-11-17-28-15-9-5-10-16-28/h6-7,13-14,20-21,27H,3-5,8-12,15-19H2,1-2H3/t20?,21-/m0/s1. The van der Waals surface area contributed by atoms with E-state index in [0.717, 1.165) is 37.4 Å². The molecule has 1 N–H and O–H groups in total. The number of carbonyl (C=O) groups is 3. The number of para-hydroxylation sites is 1. The van der Waals surface area contributed by atoms with Crippen molar-refractivity contribution in [2.75, 3.05) is 50.0 Å². The van der Waals surface area contributed by atoms with E-state index in [1.54, 1.807) is 25.6 Å². The van der Waals surface area contributed by atoms with E-state index in [1.165, 1.54) is 24.2 Å². The summed E-state index contributed by atoms with van der Waals surface area (Å²) in [5.41, 5.74) is 0.689. The second kappa shape index (κ2) is 14.5. The van der Waals surface area contributed by atoms with Gasteiger partial charge in [0.15, 0.2) is 0 Å². The Balaban J connectivity index is 1.67. The van der Waals surface area contributed by atoms with Gasteiger partial charge in [0, 0.05) is 10.6 Å². The Morgan fingerprint density at radius 3 is 2.57 bits per heavy atom. The number of piperidine rings is 1. The van der Waals surface area contributed by atoms with Crippen LogP contribution >= 0.6 is 11.8 Å². The van der Waals surface area contributed by atoms with Crippen LogP contribution in [0.15, 0.2) is 29.2 Å². The Labute approximate surface area is 213 Å². The molecule has 0 aliphatic carbocycles. The zero-order chi connectivity index (χ0) is 25.0. The van der Waals surface area contributed by atoms with Gasteiger partial charge in [0.2, 0.25) is 5.91 Å². The number of unbranched alkanes of at least 4 members (excludes halogenated alkanes) is 1. The van der Waals surface area contributed by atoms with Crippen LogP contribution in [0.2, 0.25) is 0 Å². The minimum atomic E-state index is -0.627. The number of anilines is 1. The molecule has 1 amide bonds. The van der Waals surface area contributed by atoms with E-state index in [9.17, 15) is 14.4 Å². The van der Waals surface area contributed by atoms with Crippen LogP contribution in [0.4, 0.5) is 5.69 Å². The molecule has 0 bridgehead atoms. The molecule has 35 heavy (non-hydrogen) atoms. The fraction of sp³-hybridized carbons (Fsp3) is 0.654. The average molecular weight is 506 g/mol. The highest BCUT2D eigenvalue weighted by molar-refractivity contribution is 7.99. The lowest BCUT2D eigenvalue weighted by atomic mass is 10.1. The van der Waals surface area contributed by atoms with E-state index in [1.807, 2.05) is 24.3 Å². The number of hydrogen-bond donors (Lipinski definition) is 1. The van der Waals surface area contributed by atoms with Crippen molar-refractivity contribution in [3.63, 3.8) is 0 Å². The quantitative estimate of drug-likeness (QED) is 0.342. The van der Waals surface area contributed by atoms with Crippen molar-refractivity contribution < 1.29 is 23.9 Å². The van der Waals surface area contributed by atoms with Gasteiger partial charge in [-0.15, -0.1) is 11.8 Å². The topological polar surface area (TPSA) is 88.2 Å². The summed E-state index contributed by atoms with van der Waals surface area (Å²) in [5.74, 6) is -0.570. The number of nitrogens with zero attached hydrogens (tertiary/aromatic N) is 2. The fourth-order valence-corrected chi connectivity index (χ4v) is 5.68. The number of ether oxygens (including phenoxy) is 2. The van der Waals surface area contributed by atoms with Gasteiger partial charge in [-0.1, -0.05) is 25.0 Å². The number of fused-ring (bicyclic) bond motifs is 1. The van der Waals surface area contributed by atoms with Crippen LogP contribution in [0, 0.1) is 0 Å². The Morgan fingerprint density at radius 2 is 1.83 bits per heavy atom. The third-order valence-corrected chi connectivity index (χ3v) is 7.51. The highest BCUT2D eigenvalue weighted by Gasteiger charge is 2.35. The molecule has 0 spiro atoms. The molecular weight excluding hydrogens is 466 g/mol. The Bertz CT molecular complexity index is 846. The van der Waals surface area contributed by atoms with Crippen LogP contribution in [-0.2, 0) is 23.9 Å². The van der Waals surface area contributed by atoms with Gasteiger partial charge < -0.3 is 14.4 Å². The van der Waals surface area contributed by atoms with Crippen molar-refractivity contribution in [1.82, 2.24) is 10.2 Å². The van der Waals surface area contributed by atoms with Crippen molar-refractivity contribution in [1.29, 1.82) is 0 Å². The number of thioether (sulfide) groups is 1. The summed E-state index contributed by atoms with van der Waals surface area (Å²) in [5, 5.41) is 3.29. The second-order valence-corrected chi connectivity index (χ2v) is 9.99. The summed E-state index contributed by atoms with van der Waals surface area (Å²) in [6.07, 6.45) is 6.32. The molecule has 9 heteroatoms. The number of benzene rings is 1. The van der Waals surface area contributed by atoms with Crippen LogP contribution in [0.25, 0.3) is 0 Å². The van der Waals surface area contributed by atoms with E-state index < -0.39 is 18.1 Å². The van der Waals surface area contributed by atoms with E-state index >= 15 is 0 Å². The Hall–Kier alpha value is -2.10. The normalized spacial score (nSPS) is 19.5. The maximum absolute atomic E-state index is 13.6. The van der Waals surface area contributed by atoms with Crippen LogP contribution in [0.3, 0.4) is 0 Å². The SMILES string of the molecule is CCOC(=O)CN1C(=O)[C@@H](NC(CCCCN2CCCCC2)C(=O)OCC)CSc2ccccc21. The highest BCUT2D eigenvalue weighted by Crippen LogP contribution is 2.34. The predicted molar refractivity (Wildman–Crippen MR) is 138 cm³/mol. The van der Waals surface area contributed by atoms with Crippen LogP contribution in [-0.4, -0.2) is 80.0 Å². The molecule has 1 aromatic carbocycles. The fourth-order valence-electron chi connectivity index (χ4n) is 4.59. The molecule has 0 radical (unpaired) electrons. The minimum Gasteiger partial charge on any atom is -0.465 e. The van der Waals surface area contributed by atoms with Gasteiger partial charge in [-0.2, -0.15) is 0 Å². The Morgan fingerprint density at radius 1 is 1.09 bits per heavy atom. The molecule has 194 valence electrons. The lowest BCUT2D eigenvalue weighted by Crippen LogP contribution is -2.54. The zero-order valence-corrected chi connectivity index (χ0v) is 21.8. The first kappa shape index (κ1) is 27.5. The molecule has 2 aliphatic heterocycles. The largest absolute Gasteiger partial charge is 0.465 e. The van der Waals surface area contributed by atoms with E-state index in [0.29, 0.717) is 24.5 Å². The molecule has 2 heterocycles. The maximum Gasteiger partial charge on any atom is 0.326 e. The van der Waals surface area contributed by atoms with Gasteiger partial charge in [0.1, 0.15) is 12.6 Å². The van der Waals surface area contributed by atoms with Crippen molar-refractivity contribution in [3.8, 4) is 0 Å². The molecule has 1 saturated heterocycles. The van der Waals surface area contributed by atoms with Gasteiger partial charge in [-0.05, 0) is 71.3 Å². The molecule has 2 atom stereocenters. The number of amides is 1. The summed E-state index contributed by atoms with van der Waals surface area (Å²) >= 11 is 1.54. The lowest BCUT2D eigenvalue weighted by molar-refractivity contribution is -0.146. The van der Waals surface area contributed by atoms with Crippen molar-refractivity contribution in [3.05, 3.63) is 24.3 Å². The maximum atomic E-state index is 13.6. The molecule has 1 aromatic rings. The predicted octanol–water partition coefficient (Wildman–Crippen LogP) is 3.23. The van der Waals surface area contributed by atoms with Gasteiger partial charge >= 0.3 is 11.9 Å². The molecule has 0 aromatic heterocycles. The summed E-state index contributed by atoms with van der Waals surface area (Å²) in [4.78, 5) is 43.5. The molecule has 1 unspecified atom stereocenters. The molecule has 0 saturated carbocycles. The number of hydrogen-bond acceptors (Lipinski definition) is 8. The molecule has 3 rings (SSSR count). The monoisotopic (exact) mass is 505 g/mol. The van der Waals surface area contributed by atoms with Crippen molar-refractivity contribution in [2.45, 2.75) is 69.4 Å². The lowest BCUT2D eigenvalue weighted by Gasteiger charge is -2.28. The number of rotatable bonds is 12. The van der Waals surface area contributed by atoms with E-state index in [4.69, 9.17) is 9.47 Å². The first-order chi connectivity index (χ1) is 17.0. The van der Waals surface area contributed by atoms with E-state index in [-0.39, 0.29) is 25.0 Å². The number of likely N-dealkylation sites (tertiary alicyclic amines) is 1. The second-order valence-electron chi connectivity index (χ2n) is 8.93. The van der Waals surface area contributed by atoms with E-state index in [2.05, 4.69) is 10.2 Å². The first-order valence-electron chi connectivity index (χ1n) is 12.9. The van der Waals surface area contributed by atoms with Gasteiger partial charge in [-0.3, -0.25) is 24.6 Å². The summed E-state index contributed by atoms with van der Waals surface area (Å²) < 4.78 is 10.4. The average Bonchev–Trinajstić information content (AvgIpc) is 2.99. The summed E-state index contributed by atoms with van der Waals surface area (Å²) in [6, 6.07) is 6.34. The summed E-state index contributed by atoms with van der Waals surface area (Å²) in [6.45, 7) is 7.26. The minimum absolute atomic E-state index is 0.164. The van der Waals surface area contributed by atoms with Crippen LogP contribution in [0.5, 0.6) is 0 Å². The molecule has 2 aliphatic rings. The van der Waals surface area contributed by atoms with Crippen molar-refractivity contribution in [2.24, 2.45) is 0 Å². The number of carbonyl (C=O) groups excluding carboxylic acids is 3. The molecular formula is C26H39N3O5S.